The van der Waals surface area contributed by atoms with Gasteiger partial charge in [0.05, 0.1) is 22.6 Å². The summed E-state index contributed by atoms with van der Waals surface area (Å²) in [5.74, 6) is 0.863. The maximum absolute atomic E-state index is 9.47. The van der Waals surface area contributed by atoms with Gasteiger partial charge in [0, 0.05) is 16.8 Å². The van der Waals surface area contributed by atoms with Crippen LogP contribution < -0.4 is 5.32 Å². The Kier molecular flexibility index (Phi) is 3.37. The molecule has 3 aromatic carbocycles. The van der Waals surface area contributed by atoms with Gasteiger partial charge in [-0.2, -0.15) is 5.10 Å². The number of anilines is 2. The highest BCUT2D eigenvalue weighted by Crippen LogP contribution is 2.26. The Labute approximate surface area is 154 Å². The molecule has 0 amide bonds. The summed E-state index contributed by atoms with van der Waals surface area (Å²) in [4.78, 5) is 4.49. The van der Waals surface area contributed by atoms with Crippen LogP contribution in [0, 0.1) is 12.1 Å². The number of phenolic OH excluding ortho intramolecular Hbond substituents is 1. The van der Waals surface area contributed by atoms with Gasteiger partial charge in [0.1, 0.15) is 12.1 Å². The van der Waals surface area contributed by atoms with Crippen molar-refractivity contribution in [1.82, 2.24) is 19.7 Å². The molecule has 128 valence electrons. The number of fused-ring (bicyclic) bond motifs is 2. The van der Waals surface area contributed by atoms with Gasteiger partial charge in [-0.05, 0) is 54.6 Å². The van der Waals surface area contributed by atoms with Gasteiger partial charge in [0.25, 0.3) is 0 Å². The summed E-state index contributed by atoms with van der Waals surface area (Å²) in [6.45, 7) is 0. The molecule has 2 heterocycles. The van der Waals surface area contributed by atoms with Crippen LogP contribution in [0.25, 0.3) is 27.5 Å². The van der Waals surface area contributed by atoms with Crippen LogP contribution in [0.4, 0.5) is 11.5 Å². The molecule has 5 rings (SSSR count). The number of aromatic nitrogens is 4. The van der Waals surface area contributed by atoms with Crippen LogP contribution in [0.3, 0.4) is 0 Å². The quantitative estimate of drug-likeness (QED) is 0.513. The monoisotopic (exact) mass is 351 g/mol. The number of phenols is 1. The molecule has 0 aliphatic carbocycles. The molecular weight excluding hydrogens is 338 g/mol. The van der Waals surface area contributed by atoms with Crippen molar-refractivity contribution in [1.29, 1.82) is 0 Å². The van der Waals surface area contributed by atoms with E-state index < -0.39 is 0 Å². The van der Waals surface area contributed by atoms with Gasteiger partial charge in [-0.1, -0.05) is 12.1 Å². The van der Waals surface area contributed by atoms with Crippen molar-refractivity contribution in [2.24, 2.45) is 0 Å². The van der Waals surface area contributed by atoms with Crippen molar-refractivity contribution in [3.05, 3.63) is 79.3 Å². The van der Waals surface area contributed by atoms with Crippen LogP contribution >= 0.6 is 0 Å². The highest BCUT2D eigenvalue weighted by atomic mass is 16.3. The van der Waals surface area contributed by atoms with Crippen molar-refractivity contribution < 1.29 is 5.11 Å². The van der Waals surface area contributed by atoms with E-state index in [2.05, 4.69) is 32.6 Å². The molecule has 0 atom stereocenters. The van der Waals surface area contributed by atoms with Gasteiger partial charge in [-0.25, -0.2) is 4.98 Å². The maximum Gasteiger partial charge on any atom is 0.169 e. The van der Waals surface area contributed by atoms with Crippen molar-refractivity contribution >= 4 is 33.3 Å². The molecule has 5 aromatic rings. The molecule has 6 heteroatoms. The fourth-order valence-corrected chi connectivity index (χ4v) is 3.04. The zero-order valence-corrected chi connectivity index (χ0v) is 14.1. The number of imidazole rings is 1. The standard InChI is InChI=1S/C21H13N5O/c27-17-8-6-16(7-9-17)26-13-22-19-11-15(5-10-20(19)26)24-21-18-4-2-1-3-14(18)12-23-25-21/h1,3,5-13,27H,(H,24,25). The molecule has 0 spiro atoms. The smallest absolute Gasteiger partial charge is 0.169 e. The van der Waals surface area contributed by atoms with Gasteiger partial charge in [-0.3, -0.25) is 4.57 Å². The van der Waals surface area contributed by atoms with Crippen molar-refractivity contribution in [2.75, 3.05) is 5.32 Å². The minimum Gasteiger partial charge on any atom is -0.508 e. The fourth-order valence-electron chi connectivity index (χ4n) is 3.04. The zero-order chi connectivity index (χ0) is 18.2. The molecule has 0 aliphatic heterocycles. The first-order valence-corrected chi connectivity index (χ1v) is 8.35. The highest BCUT2D eigenvalue weighted by molar-refractivity contribution is 5.92. The summed E-state index contributed by atoms with van der Waals surface area (Å²) < 4.78 is 1.97. The summed E-state index contributed by atoms with van der Waals surface area (Å²) in [6, 6.07) is 22.7. The van der Waals surface area contributed by atoms with Crippen molar-refractivity contribution in [2.45, 2.75) is 0 Å². The lowest BCUT2D eigenvalue weighted by molar-refractivity contribution is 0.475. The normalized spacial score (nSPS) is 10.8. The number of nitrogens with zero attached hydrogens (tertiary/aromatic N) is 4. The molecule has 2 aromatic heterocycles. The zero-order valence-electron chi connectivity index (χ0n) is 14.1. The van der Waals surface area contributed by atoms with Crippen LogP contribution in [0.1, 0.15) is 0 Å². The van der Waals surface area contributed by atoms with Crippen LogP contribution in [0.5, 0.6) is 5.75 Å². The highest BCUT2D eigenvalue weighted by Gasteiger charge is 2.08. The van der Waals surface area contributed by atoms with E-state index >= 15 is 0 Å². The first-order chi connectivity index (χ1) is 13.3. The Morgan fingerprint density at radius 3 is 2.81 bits per heavy atom. The lowest BCUT2D eigenvalue weighted by Gasteiger charge is -2.08. The Hall–Kier alpha value is -4.11. The van der Waals surface area contributed by atoms with Gasteiger partial charge in [0.2, 0.25) is 0 Å². The Balaban J connectivity index is 1.53. The van der Waals surface area contributed by atoms with E-state index in [0.29, 0.717) is 5.82 Å². The molecule has 0 bridgehead atoms. The van der Waals surface area contributed by atoms with Gasteiger partial charge in [-0.15, -0.1) is 5.10 Å². The van der Waals surface area contributed by atoms with Crippen LogP contribution in [-0.2, 0) is 0 Å². The van der Waals surface area contributed by atoms with E-state index in [1.165, 1.54) is 0 Å². The molecular formula is C21H13N5O. The second kappa shape index (κ2) is 6.00. The topological polar surface area (TPSA) is 75.9 Å². The number of nitrogens with one attached hydrogen (secondary N) is 1. The van der Waals surface area contributed by atoms with Gasteiger partial charge in [0.15, 0.2) is 5.82 Å². The minimum atomic E-state index is 0.236. The van der Waals surface area contributed by atoms with Gasteiger partial charge < -0.3 is 10.4 Å². The summed E-state index contributed by atoms with van der Waals surface area (Å²) in [6.07, 6.45) is 3.47. The molecule has 0 unspecified atom stereocenters. The maximum atomic E-state index is 9.47. The summed E-state index contributed by atoms with van der Waals surface area (Å²) in [5.41, 5.74) is 3.60. The van der Waals surface area contributed by atoms with Gasteiger partial charge >= 0.3 is 0 Å². The van der Waals surface area contributed by atoms with E-state index in [-0.39, 0.29) is 5.75 Å². The SMILES string of the molecule is Oc1ccc(-n2cnc3cc(Nc4nncc5ccc#cc45)ccc32)cc1. The largest absolute Gasteiger partial charge is 0.508 e. The summed E-state index contributed by atoms with van der Waals surface area (Å²) in [7, 11) is 0. The summed E-state index contributed by atoms with van der Waals surface area (Å²) in [5, 5.41) is 22.8. The predicted molar refractivity (Wildman–Crippen MR) is 103 cm³/mol. The number of benzene rings is 2. The number of aromatic hydroxyl groups is 1. The second-order valence-electron chi connectivity index (χ2n) is 6.09. The third-order valence-electron chi connectivity index (χ3n) is 4.36. The number of hydrogen-bond acceptors (Lipinski definition) is 5. The predicted octanol–water partition coefficient (Wildman–Crippen LogP) is 4.02. The average Bonchev–Trinajstić information content (AvgIpc) is 3.12. The van der Waals surface area contributed by atoms with E-state index in [9.17, 15) is 5.11 Å². The summed E-state index contributed by atoms with van der Waals surface area (Å²) >= 11 is 0. The number of hydrogen-bond donors (Lipinski definition) is 2. The van der Waals surface area contributed by atoms with Crippen LogP contribution in [0.2, 0.25) is 0 Å². The second-order valence-corrected chi connectivity index (χ2v) is 6.09. The molecule has 0 fully saturated rings. The molecule has 0 radical (unpaired) electrons. The number of rotatable bonds is 3. The lowest BCUT2D eigenvalue weighted by Crippen LogP contribution is -1.96. The van der Waals surface area contributed by atoms with Crippen molar-refractivity contribution in [3.8, 4) is 11.4 Å². The Morgan fingerprint density at radius 2 is 1.93 bits per heavy atom. The molecule has 6 nitrogen and oxygen atoms in total. The molecule has 0 saturated carbocycles. The van der Waals surface area contributed by atoms with E-state index in [0.717, 1.165) is 33.2 Å². The van der Waals surface area contributed by atoms with Crippen LogP contribution in [-0.4, -0.2) is 24.9 Å². The van der Waals surface area contributed by atoms with E-state index in [4.69, 9.17) is 0 Å². The molecule has 0 saturated heterocycles. The van der Waals surface area contributed by atoms with Crippen LogP contribution in [0.15, 0.2) is 67.1 Å². The first-order valence-electron chi connectivity index (χ1n) is 8.35. The van der Waals surface area contributed by atoms with E-state index in [1.807, 2.05) is 41.0 Å². The Bertz CT molecular complexity index is 1260. The average molecular weight is 351 g/mol. The molecule has 0 aliphatic rings. The third-order valence-corrected chi connectivity index (χ3v) is 4.36. The first kappa shape index (κ1) is 15.2. The molecule has 27 heavy (non-hydrogen) atoms. The lowest BCUT2D eigenvalue weighted by atomic mass is 10.2. The fraction of sp³-hybridized carbons (Fsp3) is 0. The van der Waals surface area contributed by atoms with Crippen molar-refractivity contribution in [3.63, 3.8) is 0 Å². The molecule has 2 N–H and O–H groups in total. The minimum absolute atomic E-state index is 0.236. The van der Waals surface area contributed by atoms with E-state index in [1.54, 1.807) is 30.7 Å². The third kappa shape index (κ3) is 2.68. The Morgan fingerprint density at radius 1 is 1.04 bits per heavy atom.